The third-order valence-electron chi connectivity index (χ3n) is 17.0. The minimum Gasteiger partial charge on any atom is -0.756 e. The van der Waals surface area contributed by atoms with E-state index >= 15 is 0 Å². The fraction of sp³-hybridized carbons (Fsp3) is 0.686. The number of quaternary nitrogens is 1. The number of rotatable bonds is 71. The molecular formula is C86H149N2O6P. The molecule has 0 rings (SSSR count). The van der Waals surface area contributed by atoms with Gasteiger partial charge in [-0.05, 0) is 109 Å². The summed E-state index contributed by atoms with van der Waals surface area (Å²) < 4.78 is 23.5. The van der Waals surface area contributed by atoms with Crippen molar-refractivity contribution >= 4 is 13.7 Å². The van der Waals surface area contributed by atoms with Crippen LogP contribution in [0.1, 0.15) is 328 Å². The second-order valence-electron chi connectivity index (χ2n) is 27.3. The van der Waals surface area contributed by atoms with Crippen molar-refractivity contribution in [2.75, 3.05) is 40.9 Å². The zero-order valence-corrected chi connectivity index (χ0v) is 63.2. The van der Waals surface area contributed by atoms with Crippen LogP contribution in [0, 0.1) is 0 Å². The van der Waals surface area contributed by atoms with Crippen LogP contribution in [0.3, 0.4) is 0 Å². The molecule has 2 N–H and O–H groups in total. The van der Waals surface area contributed by atoms with Gasteiger partial charge < -0.3 is 28.8 Å². The lowest BCUT2D eigenvalue weighted by atomic mass is 10.0. The van der Waals surface area contributed by atoms with E-state index < -0.39 is 26.6 Å². The van der Waals surface area contributed by atoms with Crippen LogP contribution in [-0.2, 0) is 18.4 Å². The van der Waals surface area contributed by atoms with Crippen molar-refractivity contribution in [1.29, 1.82) is 0 Å². The highest BCUT2D eigenvalue weighted by molar-refractivity contribution is 7.45. The molecule has 0 aromatic carbocycles. The maximum Gasteiger partial charge on any atom is 0.268 e. The first kappa shape index (κ1) is 91.1. The Morgan fingerprint density at radius 2 is 0.642 bits per heavy atom. The molecule has 8 nitrogen and oxygen atoms in total. The van der Waals surface area contributed by atoms with E-state index in [9.17, 15) is 19.4 Å². The summed E-state index contributed by atoms with van der Waals surface area (Å²) in [7, 11) is 1.23. The maximum atomic E-state index is 13.1. The molecule has 3 atom stereocenters. The molecule has 0 spiro atoms. The fourth-order valence-electron chi connectivity index (χ4n) is 11.0. The lowest BCUT2D eigenvalue weighted by molar-refractivity contribution is -0.870. The molecule has 9 heteroatoms. The van der Waals surface area contributed by atoms with Crippen LogP contribution >= 0.6 is 7.82 Å². The Balaban J connectivity index is 4.15. The van der Waals surface area contributed by atoms with Crippen LogP contribution in [0.2, 0.25) is 0 Å². The Morgan fingerprint density at radius 1 is 0.379 bits per heavy atom. The monoisotopic (exact) mass is 1340 g/mol. The van der Waals surface area contributed by atoms with Crippen LogP contribution < -0.4 is 10.2 Å². The number of nitrogens with one attached hydrogen (secondary N) is 1. The van der Waals surface area contributed by atoms with Crippen molar-refractivity contribution in [3.8, 4) is 0 Å². The van der Waals surface area contributed by atoms with Gasteiger partial charge in [0.25, 0.3) is 7.82 Å². The third-order valence-corrected chi connectivity index (χ3v) is 18.0. The van der Waals surface area contributed by atoms with Gasteiger partial charge in [-0.1, -0.05) is 371 Å². The van der Waals surface area contributed by atoms with Crippen molar-refractivity contribution in [2.24, 2.45) is 0 Å². The summed E-state index contributed by atoms with van der Waals surface area (Å²) in [5, 5.41) is 14.0. The first-order valence-corrected chi connectivity index (χ1v) is 40.8. The number of carbonyl (C=O) groups excluding carboxylic acids is 1. The molecule has 0 aromatic heterocycles. The number of hydrogen-bond donors (Lipinski definition) is 2. The summed E-state index contributed by atoms with van der Waals surface area (Å²) in [6.07, 6.45) is 115. The Labute approximate surface area is 588 Å². The molecule has 0 aliphatic rings. The van der Waals surface area contributed by atoms with Crippen LogP contribution in [0.15, 0.2) is 158 Å². The predicted molar refractivity (Wildman–Crippen MR) is 417 cm³/mol. The second-order valence-corrected chi connectivity index (χ2v) is 28.7. The Bertz CT molecular complexity index is 2120. The number of phosphoric acid groups is 1. The summed E-state index contributed by atoms with van der Waals surface area (Å²) in [4.78, 5) is 25.7. The number of amides is 1. The van der Waals surface area contributed by atoms with E-state index in [2.05, 4.69) is 165 Å². The highest BCUT2D eigenvalue weighted by Crippen LogP contribution is 2.38. The number of carbonyl (C=O) groups is 1. The number of allylic oxidation sites excluding steroid dienone is 25. The van der Waals surface area contributed by atoms with Crippen LogP contribution in [0.25, 0.3) is 0 Å². The average Bonchev–Trinajstić information content (AvgIpc) is 2.01. The minimum absolute atomic E-state index is 0.0138. The summed E-state index contributed by atoms with van der Waals surface area (Å²) in [5.74, 6) is -0.224. The van der Waals surface area contributed by atoms with Gasteiger partial charge in [-0.15, -0.1) is 0 Å². The number of aliphatic hydroxyl groups excluding tert-OH is 1. The molecule has 0 saturated carbocycles. The Kier molecular flexibility index (Phi) is 71.3. The van der Waals surface area contributed by atoms with Crippen molar-refractivity contribution in [2.45, 2.75) is 341 Å². The SMILES string of the molecule is CC/C=C\C/C=C\C/C=C\C/C=C\C/C=C\C/C=C\C/C=C\C/C=C\C/C=C\C/C=C\C/C=C\C/C=C\CCCCCCC(=O)NC(COP(=O)([O-])OCC[N+](C)(C)C)C(O)/C=C/CCCCCCCCCCCCCCCCCCCCCCCCCCCCCCCC. The molecule has 95 heavy (non-hydrogen) atoms. The van der Waals surface area contributed by atoms with Gasteiger partial charge >= 0.3 is 0 Å². The lowest BCUT2D eigenvalue weighted by Gasteiger charge is -2.29. The topological polar surface area (TPSA) is 108 Å². The standard InChI is InChI=1S/C86H149N2O6P/c1-6-8-10-12-14-16-18-20-22-24-26-28-30-32-34-36-38-40-41-42-43-44-45-46-47-48-50-52-54-56-58-60-62-64-66-68-70-72-74-76-78-80-86(90)87-84(83-94-95(91,92)93-82-81-88(3,4)5)85(89)79-77-75-73-71-69-67-65-63-61-59-57-55-53-51-49-39-37-35-33-31-29-27-25-23-21-19-17-15-13-11-9-7-2/h8,10,14,16,20,22,26,28,32,34,38,40,42-43,45-46,48,50,54,56,60,62,66,68,77,79,84-85,89H,6-7,9,11-13,15,17-19,21,23-25,27,29-31,33,35-37,39,41,44,47,49,51-53,55,57-59,61,63-65,67,69-76,78,80-83H2,1-5H3,(H-,87,90,91,92)/b10-8-,16-14-,22-20-,28-26-,34-32-,40-38-,43-42-,46-45-,50-48-,56-54-,62-60-,68-66-,79-77+. The quantitative estimate of drug-likeness (QED) is 0.0272. The van der Waals surface area contributed by atoms with Gasteiger partial charge in [0, 0.05) is 6.42 Å². The van der Waals surface area contributed by atoms with Crippen molar-refractivity contribution in [3.63, 3.8) is 0 Å². The average molecular weight is 1340 g/mol. The van der Waals surface area contributed by atoms with Gasteiger partial charge in [-0.2, -0.15) is 0 Å². The van der Waals surface area contributed by atoms with Crippen LogP contribution in [0.4, 0.5) is 0 Å². The van der Waals surface area contributed by atoms with Gasteiger partial charge in [0.05, 0.1) is 39.9 Å². The summed E-state index contributed by atoms with van der Waals surface area (Å²) in [5.41, 5.74) is 0. The van der Waals surface area contributed by atoms with E-state index in [4.69, 9.17) is 9.05 Å². The number of nitrogens with zero attached hydrogens (tertiary/aromatic N) is 1. The van der Waals surface area contributed by atoms with Gasteiger partial charge in [0.15, 0.2) is 0 Å². The fourth-order valence-corrected chi connectivity index (χ4v) is 11.7. The van der Waals surface area contributed by atoms with E-state index in [0.29, 0.717) is 17.4 Å². The van der Waals surface area contributed by atoms with Crippen molar-refractivity contribution in [1.82, 2.24) is 5.32 Å². The number of hydrogen-bond acceptors (Lipinski definition) is 6. The molecule has 0 aliphatic heterocycles. The molecule has 0 bridgehead atoms. The highest BCUT2D eigenvalue weighted by Gasteiger charge is 2.23. The van der Waals surface area contributed by atoms with Crippen molar-refractivity contribution < 1.29 is 32.9 Å². The highest BCUT2D eigenvalue weighted by atomic mass is 31.2. The number of likely N-dealkylation sites (N-methyl/N-ethyl adjacent to an activating group) is 1. The van der Waals surface area contributed by atoms with E-state index in [0.717, 1.165) is 128 Å². The second kappa shape index (κ2) is 74.3. The van der Waals surface area contributed by atoms with Gasteiger partial charge in [-0.25, -0.2) is 0 Å². The maximum absolute atomic E-state index is 13.1. The van der Waals surface area contributed by atoms with E-state index in [1.54, 1.807) is 6.08 Å². The Morgan fingerprint density at radius 3 is 0.937 bits per heavy atom. The van der Waals surface area contributed by atoms with Gasteiger partial charge in [0.2, 0.25) is 5.91 Å². The van der Waals surface area contributed by atoms with E-state index in [1.165, 1.54) is 180 Å². The van der Waals surface area contributed by atoms with Crippen molar-refractivity contribution in [3.05, 3.63) is 158 Å². The molecule has 0 aromatic rings. The van der Waals surface area contributed by atoms with E-state index in [1.807, 2.05) is 27.2 Å². The molecule has 1 amide bonds. The lowest BCUT2D eigenvalue weighted by Crippen LogP contribution is -2.45. The molecule has 0 heterocycles. The molecule has 544 valence electrons. The first-order chi connectivity index (χ1) is 46.5. The predicted octanol–water partition coefficient (Wildman–Crippen LogP) is 25.4. The largest absolute Gasteiger partial charge is 0.756 e. The third kappa shape index (κ3) is 77.3. The van der Waals surface area contributed by atoms with Crippen LogP contribution in [0.5, 0.6) is 0 Å². The number of aliphatic hydroxyl groups is 1. The Hall–Kier alpha value is -3.88. The molecule has 0 fully saturated rings. The first-order valence-electron chi connectivity index (χ1n) is 39.3. The number of phosphoric ester groups is 1. The number of unbranched alkanes of at least 4 members (excludes halogenated alkanes) is 34. The molecular weight excluding hydrogens is 1190 g/mol. The zero-order chi connectivity index (χ0) is 69.0. The van der Waals surface area contributed by atoms with Gasteiger partial charge in [0.1, 0.15) is 13.2 Å². The summed E-state index contributed by atoms with van der Waals surface area (Å²) >= 11 is 0. The summed E-state index contributed by atoms with van der Waals surface area (Å²) in [6.45, 7) is 4.53. The molecule has 0 radical (unpaired) electrons. The smallest absolute Gasteiger partial charge is 0.268 e. The van der Waals surface area contributed by atoms with Crippen LogP contribution in [-0.4, -0.2) is 68.5 Å². The minimum atomic E-state index is -4.63. The normalized spacial score (nSPS) is 14.4. The summed E-state index contributed by atoms with van der Waals surface area (Å²) in [6, 6.07) is -0.915. The molecule has 0 saturated heterocycles. The van der Waals surface area contributed by atoms with Gasteiger partial charge in [-0.3, -0.25) is 9.36 Å². The zero-order valence-electron chi connectivity index (χ0n) is 62.3. The molecule has 3 unspecified atom stereocenters. The molecule has 0 aliphatic carbocycles. The van der Waals surface area contributed by atoms with E-state index in [-0.39, 0.29) is 12.5 Å².